The van der Waals surface area contributed by atoms with Gasteiger partial charge in [0.1, 0.15) is 5.01 Å². The highest BCUT2D eigenvalue weighted by atomic mass is 32.2. The number of anilines is 1. The first kappa shape index (κ1) is 15.8. The number of nitrogen functional groups attached to an aromatic ring is 1. The lowest BCUT2D eigenvalue weighted by molar-refractivity contribution is -0.387. The number of benzene rings is 1. The number of nitrogens with zero attached hydrogens (tertiary/aromatic N) is 4. The van der Waals surface area contributed by atoms with Crippen LogP contribution in [0.25, 0.3) is 0 Å². The summed E-state index contributed by atoms with van der Waals surface area (Å²) in [6, 6.07) is 4.84. The summed E-state index contributed by atoms with van der Waals surface area (Å²) < 4.78 is 27.0. The Balaban J connectivity index is 2.04. The second-order valence-corrected chi connectivity index (χ2v) is 7.88. The Labute approximate surface area is 136 Å². The van der Waals surface area contributed by atoms with Crippen molar-refractivity contribution < 1.29 is 13.3 Å². The zero-order valence-corrected chi connectivity index (χ0v) is 13.5. The maximum atomic E-state index is 12.9. The first-order valence-corrected chi connectivity index (χ1v) is 9.01. The van der Waals surface area contributed by atoms with Crippen LogP contribution in [0.15, 0.2) is 29.2 Å². The summed E-state index contributed by atoms with van der Waals surface area (Å²) in [4.78, 5) is 10.1. The number of para-hydroxylation sites is 1. The van der Waals surface area contributed by atoms with Crippen LogP contribution in [0.5, 0.6) is 0 Å². The summed E-state index contributed by atoms with van der Waals surface area (Å²) in [5, 5.41) is 19.5. The van der Waals surface area contributed by atoms with Gasteiger partial charge in [0.2, 0.25) is 5.13 Å². The number of nitro groups is 1. The molecule has 2 aromatic rings. The normalized spacial score (nSPS) is 19.0. The molecule has 1 aromatic heterocycles. The van der Waals surface area contributed by atoms with Crippen molar-refractivity contribution in [1.82, 2.24) is 14.5 Å². The molecule has 0 spiro atoms. The lowest BCUT2D eigenvalue weighted by Gasteiger charge is -2.21. The maximum absolute atomic E-state index is 12.9. The number of hydrogen-bond acceptors (Lipinski definition) is 8. The summed E-state index contributed by atoms with van der Waals surface area (Å²) in [6.45, 7) is 0.276. The predicted molar refractivity (Wildman–Crippen MR) is 83.3 cm³/mol. The zero-order chi connectivity index (χ0) is 16.6. The van der Waals surface area contributed by atoms with Gasteiger partial charge in [-0.05, 0) is 18.9 Å². The van der Waals surface area contributed by atoms with Crippen molar-refractivity contribution in [2.24, 2.45) is 0 Å². The van der Waals surface area contributed by atoms with Crippen LogP contribution in [0, 0.1) is 10.1 Å². The highest BCUT2D eigenvalue weighted by molar-refractivity contribution is 7.89. The second-order valence-electron chi connectivity index (χ2n) is 4.98. The van der Waals surface area contributed by atoms with Crippen molar-refractivity contribution >= 4 is 32.2 Å². The molecule has 2 N–H and O–H groups in total. The molecule has 1 atom stereocenters. The Kier molecular flexibility index (Phi) is 4.00. The van der Waals surface area contributed by atoms with Gasteiger partial charge in [0.25, 0.3) is 15.7 Å². The number of nitrogens with two attached hydrogens (primary N) is 1. The van der Waals surface area contributed by atoms with Crippen molar-refractivity contribution in [3.05, 3.63) is 39.4 Å². The molecule has 1 saturated heterocycles. The molecule has 23 heavy (non-hydrogen) atoms. The average molecular weight is 355 g/mol. The lowest BCUT2D eigenvalue weighted by atomic mass is 10.2. The van der Waals surface area contributed by atoms with E-state index in [9.17, 15) is 18.5 Å². The predicted octanol–water partition coefficient (Wildman–Crippen LogP) is 1.55. The van der Waals surface area contributed by atoms with E-state index in [2.05, 4.69) is 10.2 Å². The maximum Gasteiger partial charge on any atom is 0.289 e. The smallest absolute Gasteiger partial charge is 0.289 e. The Morgan fingerprint density at radius 3 is 2.74 bits per heavy atom. The van der Waals surface area contributed by atoms with Gasteiger partial charge in [-0.15, -0.1) is 10.2 Å². The fourth-order valence-corrected chi connectivity index (χ4v) is 5.25. The molecule has 1 aliphatic heterocycles. The largest absolute Gasteiger partial charge is 0.374 e. The summed E-state index contributed by atoms with van der Waals surface area (Å²) in [5.41, 5.74) is 5.13. The monoisotopic (exact) mass is 355 g/mol. The third-order valence-corrected chi connectivity index (χ3v) is 6.40. The minimum absolute atomic E-state index is 0.259. The van der Waals surface area contributed by atoms with E-state index in [4.69, 9.17) is 5.73 Å². The van der Waals surface area contributed by atoms with Crippen molar-refractivity contribution in [3.8, 4) is 0 Å². The van der Waals surface area contributed by atoms with Gasteiger partial charge in [0.05, 0.1) is 11.0 Å². The SMILES string of the molecule is Nc1nnc([C@H]2CCCN2S(=O)(=O)c2ccccc2[N+](=O)[O-])s1. The van der Waals surface area contributed by atoms with Gasteiger partial charge in [-0.25, -0.2) is 8.42 Å². The van der Waals surface area contributed by atoms with E-state index >= 15 is 0 Å². The van der Waals surface area contributed by atoms with Crippen LogP contribution in [-0.2, 0) is 10.0 Å². The Morgan fingerprint density at radius 2 is 2.09 bits per heavy atom. The van der Waals surface area contributed by atoms with Crippen LogP contribution in [0.4, 0.5) is 10.8 Å². The topological polar surface area (TPSA) is 132 Å². The first-order valence-electron chi connectivity index (χ1n) is 6.75. The van der Waals surface area contributed by atoms with Gasteiger partial charge in [-0.1, -0.05) is 23.5 Å². The number of aromatic nitrogens is 2. The average Bonchev–Trinajstić information content (AvgIpc) is 3.15. The van der Waals surface area contributed by atoms with Crippen molar-refractivity contribution in [2.75, 3.05) is 12.3 Å². The van der Waals surface area contributed by atoms with Gasteiger partial charge in [-0.2, -0.15) is 4.31 Å². The van der Waals surface area contributed by atoms with E-state index in [-0.39, 0.29) is 16.6 Å². The number of hydrogen-bond donors (Lipinski definition) is 1. The Hall–Kier alpha value is -2.11. The summed E-state index contributed by atoms with van der Waals surface area (Å²) >= 11 is 1.13. The molecule has 0 bridgehead atoms. The standard InChI is InChI=1S/C12H13N5O4S2/c13-12-15-14-11(22-12)9-5-3-7-16(9)23(20,21)10-6-2-1-4-8(10)17(18)19/h1-2,4,6,9H,3,5,7H2,(H2,13,15)/t9-/m1/s1. The molecule has 3 rings (SSSR count). The molecular formula is C12H13N5O4S2. The van der Waals surface area contributed by atoms with Crippen LogP contribution in [0.2, 0.25) is 0 Å². The Morgan fingerprint density at radius 1 is 1.35 bits per heavy atom. The fourth-order valence-electron chi connectivity index (χ4n) is 2.61. The lowest BCUT2D eigenvalue weighted by Crippen LogP contribution is -2.31. The van der Waals surface area contributed by atoms with E-state index in [0.717, 1.165) is 11.3 Å². The fraction of sp³-hybridized carbons (Fsp3) is 0.333. The van der Waals surface area contributed by atoms with Crippen LogP contribution in [0.3, 0.4) is 0 Å². The van der Waals surface area contributed by atoms with Gasteiger partial charge < -0.3 is 5.73 Å². The number of nitro benzene ring substituents is 1. The van der Waals surface area contributed by atoms with Crippen LogP contribution in [-0.4, -0.2) is 34.4 Å². The summed E-state index contributed by atoms with van der Waals surface area (Å²) in [6.07, 6.45) is 1.22. The highest BCUT2D eigenvalue weighted by Gasteiger charge is 2.40. The van der Waals surface area contributed by atoms with E-state index in [0.29, 0.717) is 17.8 Å². The van der Waals surface area contributed by atoms with E-state index in [1.807, 2.05) is 0 Å². The quantitative estimate of drug-likeness (QED) is 0.650. The van der Waals surface area contributed by atoms with E-state index < -0.39 is 26.7 Å². The van der Waals surface area contributed by atoms with E-state index in [1.165, 1.54) is 28.6 Å². The number of rotatable bonds is 4. The molecule has 1 aliphatic rings. The molecule has 122 valence electrons. The molecule has 0 saturated carbocycles. The third-order valence-electron chi connectivity index (χ3n) is 3.59. The molecular weight excluding hydrogens is 342 g/mol. The van der Waals surface area contributed by atoms with Crippen LogP contribution in [0.1, 0.15) is 23.9 Å². The summed E-state index contributed by atoms with van der Waals surface area (Å²) in [7, 11) is -4.01. The molecule has 0 radical (unpaired) electrons. The van der Waals surface area contributed by atoms with Crippen LogP contribution >= 0.6 is 11.3 Å². The minimum atomic E-state index is -4.01. The van der Waals surface area contributed by atoms with E-state index in [1.54, 1.807) is 0 Å². The molecule has 11 heteroatoms. The van der Waals surface area contributed by atoms with Gasteiger partial charge >= 0.3 is 0 Å². The Bertz CT molecular complexity index is 851. The molecule has 0 unspecified atom stereocenters. The number of sulfonamides is 1. The third kappa shape index (κ3) is 2.78. The van der Waals surface area contributed by atoms with Crippen molar-refractivity contribution in [3.63, 3.8) is 0 Å². The molecule has 2 heterocycles. The first-order chi connectivity index (χ1) is 10.9. The minimum Gasteiger partial charge on any atom is -0.374 e. The van der Waals surface area contributed by atoms with Crippen LogP contribution < -0.4 is 5.73 Å². The highest BCUT2D eigenvalue weighted by Crippen LogP contribution is 2.39. The molecule has 1 fully saturated rings. The van der Waals surface area contributed by atoms with Gasteiger partial charge in [-0.3, -0.25) is 10.1 Å². The van der Waals surface area contributed by atoms with Crippen molar-refractivity contribution in [2.45, 2.75) is 23.8 Å². The van der Waals surface area contributed by atoms with Gasteiger partial charge in [0.15, 0.2) is 4.90 Å². The molecule has 0 aliphatic carbocycles. The second kappa shape index (κ2) is 5.83. The molecule has 0 amide bonds. The zero-order valence-electron chi connectivity index (χ0n) is 11.8. The summed E-state index contributed by atoms with van der Waals surface area (Å²) in [5.74, 6) is 0. The molecule has 1 aromatic carbocycles. The molecule has 9 nitrogen and oxygen atoms in total. The van der Waals surface area contributed by atoms with Gasteiger partial charge in [0, 0.05) is 12.6 Å². The van der Waals surface area contributed by atoms with Crippen molar-refractivity contribution in [1.29, 1.82) is 0 Å².